The monoisotopic (exact) mass is 152 g/mol. The van der Waals surface area contributed by atoms with Gasteiger partial charge in [0.1, 0.15) is 0 Å². The third-order valence-electron chi connectivity index (χ3n) is 2.22. The Hall–Kier alpha value is -0.630. The fraction of sp³-hybridized carbons (Fsp3) is 0.667. The van der Waals surface area contributed by atoms with Crippen molar-refractivity contribution in [3.63, 3.8) is 0 Å². The van der Waals surface area contributed by atoms with E-state index >= 15 is 0 Å². The largest absolute Gasteiger partial charge is 0.317 e. The quantitative estimate of drug-likeness (QED) is 0.591. The number of hydrogen-bond acceptors (Lipinski definition) is 2. The molecule has 0 saturated carbocycles. The van der Waals surface area contributed by atoms with Crippen molar-refractivity contribution in [2.75, 3.05) is 20.1 Å². The molecule has 62 valence electrons. The highest BCUT2D eigenvalue weighted by Gasteiger charge is 2.15. The number of hydrogen-bond donors (Lipinski definition) is 1. The molecule has 11 heavy (non-hydrogen) atoms. The van der Waals surface area contributed by atoms with Crippen LogP contribution in [0.25, 0.3) is 0 Å². The average Bonchev–Trinajstić information content (AvgIpc) is 2.09. The zero-order chi connectivity index (χ0) is 8.10. The number of rotatable bonds is 2. The molecule has 0 aromatic heterocycles. The molecule has 0 aliphatic carbocycles. The highest BCUT2D eigenvalue weighted by molar-refractivity contribution is 5.96. The summed E-state index contributed by atoms with van der Waals surface area (Å²) in [6.07, 6.45) is 4.30. The van der Waals surface area contributed by atoms with Crippen LogP contribution in [0.15, 0.2) is 17.6 Å². The molecule has 0 amide bonds. The standard InChI is InChI=1S/C9H16N2/c1-3-9(10-2)8-4-6-11-7-5-8/h3,8,11H,1,4-7H2,2H3. The zero-order valence-corrected chi connectivity index (χ0v) is 7.14. The molecule has 1 saturated heterocycles. The van der Waals surface area contributed by atoms with Crippen molar-refractivity contribution in [3.05, 3.63) is 12.7 Å². The molecule has 1 aliphatic rings. The van der Waals surface area contributed by atoms with Crippen LogP contribution in [0.2, 0.25) is 0 Å². The second kappa shape index (κ2) is 4.29. The van der Waals surface area contributed by atoms with E-state index in [1.54, 1.807) is 0 Å². The number of aliphatic imine (C=N–C) groups is 1. The van der Waals surface area contributed by atoms with Crippen LogP contribution in [-0.2, 0) is 0 Å². The van der Waals surface area contributed by atoms with Crippen molar-refractivity contribution in [1.29, 1.82) is 0 Å². The Kier molecular flexibility index (Phi) is 3.30. The molecule has 0 aromatic carbocycles. The lowest BCUT2D eigenvalue weighted by Crippen LogP contribution is -2.31. The van der Waals surface area contributed by atoms with Gasteiger partial charge in [0.25, 0.3) is 0 Å². The summed E-state index contributed by atoms with van der Waals surface area (Å²) >= 11 is 0. The molecule has 0 atom stereocenters. The van der Waals surface area contributed by atoms with E-state index in [9.17, 15) is 0 Å². The molecule has 2 heteroatoms. The first-order chi connectivity index (χ1) is 5.38. The molecule has 0 aromatic rings. The van der Waals surface area contributed by atoms with Gasteiger partial charge in [-0.3, -0.25) is 4.99 Å². The maximum atomic E-state index is 4.20. The lowest BCUT2D eigenvalue weighted by molar-refractivity contribution is 0.457. The maximum Gasteiger partial charge on any atom is 0.0370 e. The molecule has 0 spiro atoms. The van der Waals surface area contributed by atoms with Gasteiger partial charge in [-0.25, -0.2) is 0 Å². The minimum Gasteiger partial charge on any atom is -0.317 e. The van der Waals surface area contributed by atoms with E-state index in [1.807, 2.05) is 13.1 Å². The van der Waals surface area contributed by atoms with E-state index in [1.165, 1.54) is 18.6 Å². The van der Waals surface area contributed by atoms with Crippen molar-refractivity contribution in [3.8, 4) is 0 Å². The van der Waals surface area contributed by atoms with Gasteiger partial charge >= 0.3 is 0 Å². The van der Waals surface area contributed by atoms with E-state index < -0.39 is 0 Å². The van der Waals surface area contributed by atoms with Gasteiger partial charge < -0.3 is 5.32 Å². The van der Waals surface area contributed by atoms with Gasteiger partial charge in [0.15, 0.2) is 0 Å². The van der Waals surface area contributed by atoms with E-state index in [0.29, 0.717) is 5.92 Å². The highest BCUT2D eigenvalue weighted by atomic mass is 14.9. The summed E-state index contributed by atoms with van der Waals surface area (Å²) in [5.41, 5.74) is 1.17. The van der Waals surface area contributed by atoms with Crippen LogP contribution in [0.1, 0.15) is 12.8 Å². The van der Waals surface area contributed by atoms with Crippen LogP contribution < -0.4 is 5.32 Å². The molecular weight excluding hydrogens is 136 g/mol. The minimum atomic E-state index is 0.652. The Balaban J connectivity index is 2.49. The normalized spacial score (nSPS) is 21.7. The van der Waals surface area contributed by atoms with Crippen molar-refractivity contribution in [1.82, 2.24) is 5.32 Å². The maximum absolute atomic E-state index is 4.20. The summed E-state index contributed by atoms with van der Waals surface area (Å²) < 4.78 is 0. The SMILES string of the molecule is C=CC(=NC)C1CCNCC1. The molecule has 1 fully saturated rings. The predicted octanol–water partition coefficient (Wildman–Crippen LogP) is 1.24. The smallest absolute Gasteiger partial charge is 0.0370 e. The number of nitrogens with zero attached hydrogens (tertiary/aromatic N) is 1. The fourth-order valence-corrected chi connectivity index (χ4v) is 1.56. The molecule has 0 radical (unpaired) electrons. The lowest BCUT2D eigenvalue weighted by atomic mass is 9.93. The molecule has 0 unspecified atom stereocenters. The minimum absolute atomic E-state index is 0.652. The molecule has 2 nitrogen and oxygen atoms in total. The molecule has 0 bridgehead atoms. The molecule has 1 rings (SSSR count). The third-order valence-corrected chi connectivity index (χ3v) is 2.22. The van der Waals surface area contributed by atoms with E-state index in [2.05, 4.69) is 16.9 Å². The first-order valence-electron chi connectivity index (χ1n) is 4.18. The van der Waals surface area contributed by atoms with Gasteiger partial charge in [0, 0.05) is 18.7 Å². The van der Waals surface area contributed by atoms with Crippen LogP contribution in [0.4, 0.5) is 0 Å². The lowest BCUT2D eigenvalue weighted by Gasteiger charge is -2.22. The number of nitrogens with one attached hydrogen (secondary N) is 1. The van der Waals surface area contributed by atoms with Crippen LogP contribution in [0, 0.1) is 5.92 Å². The average molecular weight is 152 g/mol. The van der Waals surface area contributed by atoms with Gasteiger partial charge in [-0.15, -0.1) is 0 Å². The summed E-state index contributed by atoms with van der Waals surface area (Å²) in [5, 5.41) is 3.33. The second-order valence-corrected chi connectivity index (χ2v) is 2.88. The molecular formula is C9H16N2. The summed E-state index contributed by atoms with van der Waals surface area (Å²) in [5.74, 6) is 0.652. The van der Waals surface area contributed by atoms with Crippen LogP contribution in [-0.4, -0.2) is 25.8 Å². The van der Waals surface area contributed by atoms with Crippen molar-refractivity contribution in [2.45, 2.75) is 12.8 Å². The summed E-state index contributed by atoms with van der Waals surface area (Å²) in [4.78, 5) is 4.20. The first-order valence-corrected chi connectivity index (χ1v) is 4.18. The number of allylic oxidation sites excluding steroid dienone is 1. The molecule has 1 aliphatic heterocycles. The van der Waals surface area contributed by atoms with Gasteiger partial charge in [-0.2, -0.15) is 0 Å². The van der Waals surface area contributed by atoms with Crippen LogP contribution in [0.5, 0.6) is 0 Å². The van der Waals surface area contributed by atoms with E-state index in [0.717, 1.165) is 13.1 Å². The molecule has 1 heterocycles. The Morgan fingerprint density at radius 1 is 1.55 bits per heavy atom. The first kappa shape index (κ1) is 8.47. The topological polar surface area (TPSA) is 24.4 Å². The summed E-state index contributed by atoms with van der Waals surface area (Å²) in [7, 11) is 1.85. The molecule has 1 N–H and O–H groups in total. The Labute approximate surface area is 68.4 Å². The second-order valence-electron chi connectivity index (χ2n) is 2.88. The number of piperidine rings is 1. The van der Waals surface area contributed by atoms with Gasteiger partial charge in [-0.05, 0) is 32.0 Å². The van der Waals surface area contributed by atoms with E-state index in [-0.39, 0.29) is 0 Å². The third kappa shape index (κ3) is 2.15. The zero-order valence-electron chi connectivity index (χ0n) is 7.14. The summed E-state index contributed by atoms with van der Waals surface area (Å²) in [6.45, 7) is 6.00. The van der Waals surface area contributed by atoms with Gasteiger partial charge in [0.05, 0.1) is 0 Å². The van der Waals surface area contributed by atoms with Crippen LogP contribution in [0.3, 0.4) is 0 Å². The Morgan fingerprint density at radius 2 is 2.18 bits per heavy atom. The van der Waals surface area contributed by atoms with Crippen LogP contribution >= 0.6 is 0 Å². The fourth-order valence-electron chi connectivity index (χ4n) is 1.56. The summed E-state index contributed by atoms with van der Waals surface area (Å²) in [6, 6.07) is 0. The van der Waals surface area contributed by atoms with Gasteiger partial charge in [0.2, 0.25) is 0 Å². The Morgan fingerprint density at radius 3 is 2.64 bits per heavy atom. The highest BCUT2D eigenvalue weighted by Crippen LogP contribution is 2.13. The Bertz CT molecular complexity index is 155. The van der Waals surface area contributed by atoms with Gasteiger partial charge in [-0.1, -0.05) is 6.58 Å². The van der Waals surface area contributed by atoms with E-state index in [4.69, 9.17) is 0 Å². The van der Waals surface area contributed by atoms with Crippen molar-refractivity contribution < 1.29 is 0 Å². The van der Waals surface area contributed by atoms with Crippen molar-refractivity contribution in [2.24, 2.45) is 10.9 Å². The predicted molar refractivity (Wildman–Crippen MR) is 49.1 cm³/mol. The van der Waals surface area contributed by atoms with Crippen molar-refractivity contribution >= 4 is 5.71 Å².